The van der Waals surface area contributed by atoms with Crippen LogP contribution in [0, 0.1) is 0 Å². The highest BCUT2D eigenvalue weighted by Gasteiger charge is 2.13. The number of anilines is 1. The largest absolute Gasteiger partial charge is 0.363 e. The average Bonchev–Trinajstić information content (AvgIpc) is 3.06. The van der Waals surface area contributed by atoms with Crippen LogP contribution in [-0.4, -0.2) is 25.2 Å². The number of carbonyl (C=O) groups excluding carboxylic acids is 1. The molecule has 1 N–H and O–H groups in total. The van der Waals surface area contributed by atoms with Gasteiger partial charge in [-0.3, -0.25) is 4.79 Å². The Morgan fingerprint density at radius 3 is 2.75 bits per heavy atom. The SMILES string of the molecule is O=C(N/N=C\c1ccc(N2CCCCC2)s1)c1cc(Cl)ccc1Cl. The molecule has 1 aromatic carbocycles. The summed E-state index contributed by atoms with van der Waals surface area (Å²) in [4.78, 5) is 15.5. The number of halogens is 2. The highest BCUT2D eigenvalue weighted by atomic mass is 35.5. The number of carbonyl (C=O) groups is 1. The fourth-order valence-electron chi connectivity index (χ4n) is 2.58. The van der Waals surface area contributed by atoms with Gasteiger partial charge in [-0.1, -0.05) is 23.2 Å². The first-order valence-corrected chi connectivity index (χ1v) is 9.34. The fraction of sp³-hybridized carbons (Fsp3) is 0.294. The van der Waals surface area contributed by atoms with E-state index in [2.05, 4.69) is 21.5 Å². The first-order valence-electron chi connectivity index (χ1n) is 7.77. The predicted octanol–water partition coefficient (Wildman–Crippen LogP) is 4.81. The van der Waals surface area contributed by atoms with E-state index in [1.54, 1.807) is 29.7 Å². The zero-order valence-electron chi connectivity index (χ0n) is 13.0. The van der Waals surface area contributed by atoms with Crippen LogP contribution in [0.1, 0.15) is 34.5 Å². The number of amides is 1. The molecule has 126 valence electrons. The second-order valence-corrected chi connectivity index (χ2v) is 7.48. The van der Waals surface area contributed by atoms with Crippen molar-refractivity contribution >= 4 is 51.7 Å². The lowest BCUT2D eigenvalue weighted by Gasteiger charge is -2.27. The van der Waals surface area contributed by atoms with E-state index in [1.807, 2.05) is 6.07 Å². The van der Waals surface area contributed by atoms with Crippen molar-refractivity contribution in [3.8, 4) is 0 Å². The van der Waals surface area contributed by atoms with Crippen molar-refractivity contribution in [2.45, 2.75) is 19.3 Å². The van der Waals surface area contributed by atoms with E-state index in [1.165, 1.54) is 30.3 Å². The molecular formula is C17H17Cl2N3OS. The van der Waals surface area contributed by atoms with E-state index in [0.29, 0.717) is 15.6 Å². The summed E-state index contributed by atoms with van der Waals surface area (Å²) >= 11 is 13.6. The Bertz CT molecular complexity index is 754. The van der Waals surface area contributed by atoms with Crippen LogP contribution < -0.4 is 10.3 Å². The predicted molar refractivity (Wildman–Crippen MR) is 102 cm³/mol. The van der Waals surface area contributed by atoms with Gasteiger partial charge in [-0.05, 0) is 49.6 Å². The third kappa shape index (κ3) is 4.29. The molecule has 0 radical (unpaired) electrons. The molecule has 1 aliphatic heterocycles. The molecule has 0 saturated carbocycles. The highest BCUT2D eigenvalue weighted by Crippen LogP contribution is 2.27. The molecule has 3 rings (SSSR count). The van der Waals surface area contributed by atoms with Crippen molar-refractivity contribution in [2.24, 2.45) is 5.10 Å². The van der Waals surface area contributed by atoms with Crippen molar-refractivity contribution in [3.05, 3.63) is 50.8 Å². The van der Waals surface area contributed by atoms with Crippen LogP contribution in [0.4, 0.5) is 5.00 Å². The molecule has 1 amide bonds. The van der Waals surface area contributed by atoms with Crippen molar-refractivity contribution in [2.75, 3.05) is 18.0 Å². The van der Waals surface area contributed by atoms with Gasteiger partial charge in [-0.25, -0.2) is 5.43 Å². The van der Waals surface area contributed by atoms with Gasteiger partial charge in [0.05, 0.1) is 21.8 Å². The van der Waals surface area contributed by atoms with E-state index < -0.39 is 0 Å². The van der Waals surface area contributed by atoms with Crippen LogP contribution in [0.25, 0.3) is 0 Å². The molecule has 24 heavy (non-hydrogen) atoms. The minimum atomic E-state index is -0.383. The minimum absolute atomic E-state index is 0.307. The van der Waals surface area contributed by atoms with Crippen LogP contribution in [0.3, 0.4) is 0 Å². The molecule has 1 saturated heterocycles. The number of hydrazone groups is 1. The third-order valence-corrected chi connectivity index (χ3v) is 5.46. The van der Waals surface area contributed by atoms with Gasteiger partial charge >= 0.3 is 0 Å². The Balaban J connectivity index is 1.61. The van der Waals surface area contributed by atoms with Crippen LogP contribution in [0.2, 0.25) is 10.0 Å². The average molecular weight is 382 g/mol. The normalized spacial score (nSPS) is 15.0. The van der Waals surface area contributed by atoms with Crippen LogP contribution in [0.15, 0.2) is 35.4 Å². The molecule has 1 fully saturated rings. The molecular weight excluding hydrogens is 365 g/mol. The molecule has 2 aromatic rings. The first kappa shape index (κ1) is 17.3. The molecule has 1 aliphatic rings. The number of nitrogens with zero attached hydrogens (tertiary/aromatic N) is 2. The maximum atomic E-state index is 12.1. The van der Waals surface area contributed by atoms with E-state index in [-0.39, 0.29) is 5.91 Å². The van der Waals surface area contributed by atoms with Crippen molar-refractivity contribution in [1.29, 1.82) is 0 Å². The lowest BCUT2D eigenvalue weighted by Crippen LogP contribution is -2.28. The summed E-state index contributed by atoms with van der Waals surface area (Å²) in [5.74, 6) is -0.383. The Morgan fingerprint density at radius 1 is 1.17 bits per heavy atom. The van der Waals surface area contributed by atoms with Crippen molar-refractivity contribution in [1.82, 2.24) is 5.43 Å². The summed E-state index contributed by atoms with van der Waals surface area (Å²) in [5.41, 5.74) is 2.79. The van der Waals surface area contributed by atoms with Gasteiger partial charge in [0.1, 0.15) is 0 Å². The number of hydrogen-bond donors (Lipinski definition) is 1. The lowest BCUT2D eigenvalue weighted by molar-refractivity contribution is 0.0955. The van der Waals surface area contributed by atoms with Crippen molar-refractivity contribution < 1.29 is 4.79 Å². The summed E-state index contributed by atoms with van der Waals surface area (Å²) in [6.07, 6.45) is 5.46. The summed E-state index contributed by atoms with van der Waals surface area (Å²) in [6, 6.07) is 8.86. The standard InChI is InChI=1S/C17H17Cl2N3OS/c18-12-4-6-15(19)14(10-12)17(23)21-20-11-13-5-7-16(24-13)22-8-2-1-3-9-22/h4-7,10-11H,1-3,8-9H2,(H,21,23)/b20-11-. The van der Waals surface area contributed by atoms with Crippen LogP contribution in [-0.2, 0) is 0 Å². The summed E-state index contributed by atoms with van der Waals surface area (Å²) in [5, 5.41) is 6.06. The second-order valence-electron chi connectivity index (χ2n) is 5.55. The first-order chi connectivity index (χ1) is 11.6. The minimum Gasteiger partial charge on any atom is -0.363 e. The molecule has 0 aliphatic carbocycles. The van der Waals surface area contributed by atoms with Crippen molar-refractivity contribution in [3.63, 3.8) is 0 Å². The second kappa shape index (κ2) is 8.01. The van der Waals surface area contributed by atoms with E-state index in [9.17, 15) is 4.79 Å². The molecule has 0 bridgehead atoms. The molecule has 0 atom stereocenters. The number of benzene rings is 1. The monoisotopic (exact) mass is 381 g/mol. The van der Waals surface area contributed by atoms with Crippen LogP contribution in [0.5, 0.6) is 0 Å². The third-order valence-electron chi connectivity index (χ3n) is 3.81. The Hall–Kier alpha value is -1.56. The number of thiophene rings is 1. The summed E-state index contributed by atoms with van der Waals surface area (Å²) < 4.78 is 0. The van der Waals surface area contributed by atoms with Gasteiger partial charge in [0.2, 0.25) is 0 Å². The Morgan fingerprint density at radius 2 is 1.96 bits per heavy atom. The van der Waals surface area contributed by atoms with Gasteiger partial charge in [-0.2, -0.15) is 5.10 Å². The van der Waals surface area contributed by atoms with Gasteiger partial charge in [0.15, 0.2) is 0 Å². The lowest BCUT2D eigenvalue weighted by atomic mass is 10.1. The molecule has 1 aromatic heterocycles. The number of piperidine rings is 1. The fourth-order valence-corrected chi connectivity index (χ4v) is 3.89. The molecule has 0 spiro atoms. The van der Waals surface area contributed by atoms with E-state index in [4.69, 9.17) is 23.2 Å². The molecule has 2 heterocycles. The number of nitrogens with one attached hydrogen (secondary N) is 1. The van der Waals surface area contributed by atoms with Gasteiger partial charge in [0.25, 0.3) is 5.91 Å². The van der Waals surface area contributed by atoms with E-state index in [0.717, 1.165) is 18.0 Å². The quantitative estimate of drug-likeness (QED) is 0.609. The molecule has 4 nitrogen and oxygen atoms in total. The summed E-state index contributed by atoms with van der Waals surface area (Å²) in [6.45, 7) is 2.22. The smallest absolute Gasteiger partial charge is 0.272 e. The maximum Gasteiger partial charge on any atom is 0.272 e. The van der Waals surface area contributed by atoms with E-state index >= 15 is 0 Å². The number of hydrogen-bond acceptors (Lipinski definition) is 4. The molecule has 7 heteroatoms. The Kier molecular flexibility index (Phi) is 5.76. The van der Waals surface area contributed by atoms with Gasteiger partial charge in [0, 0.05) is 23.0 Å². The Labute approximate surface area is 155 Å². The van der Waals surface area contributed by atoms with Gasteiger partial charge in [-0.15, -0.1) is 11.3 Å². The van der Waals surface area contributed by atoms with Gasteiger partial charge < -0.3 is 4.90 Å². The molecule has 0 unspecified atom stereocenters. The zero-order valence-corrected chi connectivity index (χ0v) is 15.3. The maximum absolute atomic E-state index is 12.1. The summed E-state index contributed by atoms with van der Waals surface area (Å²) in [7, 11) is 0. The highest BCUT2D eigenvalue weighted by molar-refractivity contribution is 7.17. The number of rotatable bonds is 4. The van der Waals surface area contributed by atoms with Crippen LogP contribution >= 0.6 is 34.5 Å². The zero-order chi connectivity index (χ0) is 16.9. The topological polar surface area (TPSA) is 44.7 Å².